The van der Waals surface area contributed by atoms with Gasteiger partial charge in [0.25, 0.3) is 5.91 Å². The number of benzene rings is 3. The molecule has 0 bridgehead atoms. The van der Waals surface area contributed by atoms with Crippen molar-refractivity contribution in [2.75, 3.05) is 19.0 Å². The maximum Gasteiger partial charge on any atom is 0.252 e. The van der Waals surface area contributed by atoms with Crippen molar-refractivity contribution in [1.29, 1.82) is 0 Å². The van der Waals surface area contributed by atoms with Crippen molar-refractivity contribution in [3.05, 3.63) is 95.2 Å². The first kappa shape index (κ1) is 20.6. The predicted octanol–water partition coefficient (Wildman–Crippen LogP) is 5.51. The summed E-state index contributed by atoms with van der Waals surface area (Å²) in [5.41, 5.74) is 7.88. The van der Waals surface area contributed by atoms with Crippen LogP contribution in [0.5, 0.6) is 0 Å². The van der Waals surface area contributed by atoms with E-state index in [1.165, 1.54) is 5.56 Å². The molecule has 1 aromatic heterocycles. The molecule has 1 amide bonds. The number of fused-ring (bicyclic) bond motifs is 1. The van der Waals surface area contributed by atoms with E-state index >= 15 is 0 Å². The molecule has 4 nitrogen and oxygen atoms in total. The van der Waals surface area contributed by atoms with Crippen LogP contribution in [0.25, 0.3) is 22.0 Å². The molecular weight excluding hydrogens is 382 g/mol. The molecule has 1 heterocycles. The molecule has 0 fully saturated rings. The van der Waals surface area contributed by atoms with Gasteiger partial charge in [-0.1, -0.05) is 60.2 Å². The second-order valence-corrected chi connectivity index (χ2v) is 8.12. The summed E-state index contributed by atoms with van der Waals surface area (Å²) >= 11 is 0. The molecule has 4 aromatic rings. The first-order chi connectivity index (χ1) is 14.9. The van der Waals surface area contributed by atoms with Gasteiger partial charge in [0.1, 0.15) is 0 Å². The van der Waals surface area contributed by atoms with Gasteiger partial charge in [0.05, 0.1) is 11.1 Å². The van der Waals surface area contributed by atoms with Gasteiger partial charge in [-0.3, -0.25) is 9.78 Å². The standard InChI is InChI=1S/C27H27N3O/c1-18-8-12-21(13-9-18)23-6-5-7-24-25(16-19(2)29-26(23)24)27(31)28-17-20-10-14-22(15-11-20)30(3)4/h5-16H,17H2,1-4H3,(H,28,31). The predicted molar refractivity (Wildman–Crippen MR) is 129 cm³/mol. The van der Waals surface area contributed by atoms with Crippen molar-refractivity contribution in [2.45, 2.75) is 20.4 Å². The minimum atomic E-state index is -0.0896. The van der Waals surface area contributed by atoms with Gasteiger partial charge >= 0.3 is 0 Å². The van der Waals surface area contributed by atoms with Gasteiger partial charge in [0, 0.05) is 43.0 Å². The van der Waals surface area contributed by atoms with Gasteiger partial charge in [0.2, 0.25) is 0 Å². The highest BCUT2D eigenvalue weighted by Gasteiger charge is 2.15. The van der Waals surface area contributed by atoms with E-state index in [1.807, 2.05) is 51.4 Å². The van der Waals surface area contributed by atoms with E-state index in [4.69, 9.17) is 4.98 Å². The van der Waals surface area contributed by atoms with Gasteiger partial charge in [-0.2, -0.15) is 0 Å². The van der Waals surface area contributed by atoms with Crippen LogP contribution in [-0.4, -0.2) is 25.0 Å². The average Bonchev–Trinajstić information content (AvgIpc) is 2.77. The van der Waals surface area contributed by atoms with Crippen LogP contribution >= 0.6 is 0 Å². The SMILES string of the molecule is Cc1ccc(-c2cccc3c(C(=O)NCc4ccc(N(C)C)cc4)cc(C)nc23)cc1. The summed E-state index contributed by atoms with van der Waals surface area (Å²) in [6.07, 6.45) is 0. The fourth-order valence-corrected chi connectivity index (χ4v) is 3.72. The Labute approximate surface area is 183 Å². The zero-order chi connectivity index (χ0) is 22.0. The Hall–Kier alpha value is -3.66. The maximum atomic E-state index is 13.1. The highest BCUT2D eigenvalue weighted by Crippen LogP contribution is 2.30. The van der Waals surface area contributed by atoms with Gasteiger partial charge in [-0.25, -0.2) is 0 Å². The third-order valence-electron chi connectivity index (χ3n) is 5.48. The van der Waals surface area contributed by atoms with Crippen LogP contribution < -0.4 is 10.2 Å². The van der Waals surface area contributed by atoms with E-state index in [0.29, 0.717) is 12.1 Å². The van der Waals surface area contributed by atoms with Crippen LogP contribution in [0.3, 0.4) is 0 Å². The van der Waals surface area contributed by atoms with Gasteiger partial charge in [0.15, 0.2) is 0 Å². The number of para-hydroxylation sites is 1. The van der Waals surface area contributed by atoms with E-state index in [2.05, 4.69) is 59.6 Å². The second kappa shape index (κ2) is 8.60. The van der Waals surface area contributed by atoms with Crippen LogP contribution in [0.15, 0.2) is 72.8 Å². The van der Waals surface area contributed by atoms with Crippen molar-refractivity contribution in [3.8, 4) is 11.1 Å². The lowest BCUT2D eigenvalue weighted by molar-refractivity contribution is 0.0952. The number of carbonyl (C=O) groups is 1. The molecule has 31 heavy (non-hydrogen) atoms. The minimum absolute atomic E-state index is 0.0896. The quantitative estimate of drug-likeness (QED) is 0.472. The molecule has 0 spiro atoms. The molecule has 156 valence electrons. The summed E-state index contributed by atoms with van der Waals surface area (Å²) in [7, 11) is 4.02. The topological polar surface area (TPSA) is 45.2 Å². The number of amides is 1. The van der Waals surface area contributed by atoms with Crippen molar-refractivity contribution >= 4 is 22.5 Å². The number of nitrogens with one attached hydrogen (secondary N) is 1. The molecule has 0 saturated heterocycles. The molecule has 4 heteroatoms. The lowest BCUT2D eigenvalue weighted by Gasteiger charge is -2.14. The van der Waals surface area contributed by atoms with Gasteiger partial charge in [-0.05, 0) is 43.2 Å². The molecule has 1 N–H and O–H groups in total. The highest BCUT2D eigenvalue weighted by atomic mass is 16.1. The minimum Gasteiger partial charge on any atom is -0.378 e. The molecule has 0 aliphatic rings. The number of rotatable bonds is 5. The molecule has 3 aromatic carbocycles. The Bertz CT molecular complexity index is 1230. The van der Waals surface area contributed by atoms with Crippen molar-refractivity contribution in [3.63, 3.8) is 0 Å². The lowest BCUT2D eigenvalue weighted by atomic mass is 9.98. The van der Waals surface area contributed by atoms with Crippen molar-refractivity contribution in [2.24, 2.45) is 0 Å². The zero-order valence-corrected chi connectivity index (χ0v) is 18.4. The fourth-order valence-electron chi connectivity index (χ4n) is 3.72. The Morgan fingerprint density at radius 1 is 0.935 bits per heavy atom. The molecule has 0 unspecified atom stereocenters. The molecule has 0 saturated carbocycles. The van der Waals surface area contributed by atoms with Crippen molar-refractivity contribution < 1.29 is 4.79 Å². The number of hydrogen-bond acceptors (Lipinski definition) is 3. The molecular formula is C27H27N3O. The zero-order valence-electron chi connectivity index (χ0n) is 18.4. The summed E-state index contributed by atoms with van der Waals surface area (Å²) < 4.78 is 0. The van der Waals surface area contributed by atoms with E-state index < -0.39 is 0 Å². The first-order valence-electron chi connectivity index (χ1n) is 10.4. The van der Waals surface area contributed by atoms with Crippen molar-refractivity contribution in [1.82, 2.24) is 10.3 Å². The number of aromatic nitrogens is 1. The molecule has 0 aliphatic carbocycles. The highest BCUT2D eigenvalue weighted by molar-refractivity contribution is 6.09. The lowest BCUT2D eigenvalue weighted by Crippen LogP contribution is -2.23. The third-order valence-corrected chi connectivity index (χ3v) is 5.48. The summed E-state index contributed by atoms with van der Waals surface area (Å²) in [6.45, 7) is 4.49. The third kappa shape index (κ3) is 4.43. The van der Waals surface area contributed by atoms with Gasteiger partial charge in [-0.15, -0.1) is 0 Å². The van der Waals surface area contributed by atoms with Crippen LogP contribution in [0.2, 0.25) is 0 Å². The van der Waals surface area contributed by atoms with E-state index in [0.717, 1.165) is 39.0 Å². The van der Waals surface area contributed by atoms with Crippen LogP contribution in [0.1, 0.15) is 27.2 Å². The Morgan fingerprint density at radius 2 is 1.65 bits per heavy atom. The van der Waals surface area contributed by atoms with E-state index in [-0.39, 0.29) is 5.91 Å². The van der Waals surface area contributed by atoms with Gasteiger partial charge < -0.3 is 10.2 Å². The molecule has 4 rings (SSSR count). The van der Waals surface area contributed by atoms with Crippen LogP contribution in [-0.2, 0) is 6.54 Å². The maximum absolute atomic E-state index is 13.1. The molecule has 0 atom stereocenters. The smallest absolute Gasteiger partial charge is 0.252 e. The Morgan fingerprint density at radius 3 is 2.32 bits per heavy atom. The van der Waals surface area contributed by atoms with E-state index in [9.17, 15) is 4.79 Å². The summed E-state index contributed by atoms with van der Waals surface area (Å²) in [5.74, 6) is -0.0896. The summed E-state index contributed by atoms with van der Waals surface area (Å²) in [6, 6.07) is 24.5. The Balaban J connectivity index is 1.64. The number of anilines is 1. The first-order valence-corrected chi connectivity index (χ1v) is 10.4. The number of hydrogen-bond donors (Lipinski definition) is 1. The largest absolute Gasteiger partial charge is 0.378 e. The van der Waals surface area contributed by atoms with E-state index in [1.54, 1.807) is 0 Å². The molecule has 0 radical (unpaired) electrons. The number of pyridine rings is 1. The van der Waals surface area contributed by atoms with Crippen LogP contribution in [0.4, 0.5) is 5.69 Å². The molecule has 0 aliphatic heterocycles. The number of carbonyl (C=O) groups excluding carboxylic acids is 1. The Kier molecular flexibility index (Phi) is 5.72. The normalized spacial score (nSPS) is 10.8. The second-order valence-electron chi connectivity index (χ2n) is 8.12. The summed E-state index contributed by atoms with van der Waals surface area (Å²) in [4.78, 5) is 19.9. The monoisotopic (exact) mass is 409 g/mol. The average molecular weight is 410 g/mol. The number of nitrogens with zero attached hydrogens (tertiary/aromatic N) is 2. The van der Waals surface area contributed by atoms with Crippen LogP contribution in [0, 0.1) is 13.8 Å². The number of aryl methyl sites for hydroxylation is 2. The fraction of sp³-hybridized carbons (Fsp3) is 0.185. The summed E-state index contributed by atoms with van der Waals surface area (Å²) in [5, 5.41) is 3.93.